The highest BCUT2D eigenvalue weighted by Gasteiger charge is 2.66. The molecule has 28 heavy (non-hydrogen) atoms. The Morgan fingerprint density at radius 3 is 1.54 bits per heavy atom. The molecule has 0 spiro atoms. The fraction of sp³-hybridized carbons (Fsp3) is 0. The Bertz CT molecular complexity index is 938. The van der Waals surface area contributed by atoms with Crippen LogP contribution in [0.2, 0.25) is 0 Å². The van der Waals surface area contributed by atoms with E-state index >= 15 is 0 Å². The molecule has 2 rings (SSSR count). The largest absolute Gasteiger partial charge is 0.332 e. The van der Waals surface area contributed by atoms with Gasteiger partial charge in [-0.15, -0.1) is 0 Å². The van der Waals surface area contributed by atoms with Crippen molar-refractivity contribution >= 4 is 49.2 Å². The lowest BCUT2D eigenvalue weighted by Crippen LogP contribution is -2.19. The summed E-state index contributed by atoms with van der Waals surface area (Å²) in [6, 6.07) is 3.38. The van der Waals surface area contributed by atoms with Crippen LogP contribution in [-0.2, 0) is 0 Å². The number of benzene rings is 2. The fourth-order valence-corrected chi connectivity index (χ4v) is 3.47. The van der Waals surface area contributed by atoms with Gasteiger partial charge in [0.05, 0.1) is 0 Å². The Kier molecular flexibility index (Phi) is 4.15. The van der Waals surface area contributed by atoms with E-state index in [0.717, 1.165) is 6.07 Å². The summed E-state index contributed by atoms with van der Waals surface area (Å²) in [6.45, 7) is 0. The maximum absolute atomic E-state index is 12.8. The number of thiocarbonyl (C=S) groups is 1. The van der Waals surface area contributed by atoms with E-state index in [-0.39, 0.29) is 30.0 Å². The molecule has 0 aliphatic heterocycles. The smallest absolute Gasteiger partial charge is 0.310 e. The molecule has 0 bridgehead atoms. The average molecular weight is 480 g/mol. The third-order valence-electron chi connectivity index (χ3n) is 3.09. The van der Waals surface area contributed by atoms with E-state index < -0.39 is 41.0 Å². The predicted molar refractivity (Wildman–Crippen MR) is 95.5 cm³/mol. The van der Waals surface area contributed by atoms with Gasteiger partial charge in [-0.1, -0.05) is 44.9 Å². The molecule has 160 valence electrons. The van der Waals surface area contributed by atoms with Crippen molar-refractivity contribution < 1.29 is 38.9 Å². The van der Waals surface area contributed by atoms with Crippen LogP contribution in [0.25, 0.3) is 0 Å². The summed E-state index contributed by atoms with van der Waals surface area (Å²) in [5, 5.41) is 3.90. The van der Waals surface area contributed by atoms with Gasteiger partial charge in [-0.05, 0) is 54.7 Å². The quantitative estimate of drug-likeness (QED) is 0.338. The van der Waals surface area contributed by atoms with E-state index in [4.69, 9.17) is 12.2 Å². The average Bonchev–Trinajstić information content (AvgIpc) is 2.43. The number of hydrogen-bond donors (Lipinski definition) is 2. The predicted octanol–water partition coefficient (Wildman–Crippen LogP) is 8.81. The molecule has 15 heteroatoms. The standard InChI is InChI=1S/C13H10F10N2S3/c14-27(15,16,17,18)11-6-4-9(5-7-11)24-13(26)25-10-2-1-3-12(8-10)28(19,20,21,22)23/h1-8H,(H2,24,25,26). The summed E-state index contributed by atoms with van der Waals surface area (Å²) in [5.74, 6) is 0. The SMILES string of the molecule is FS(F)(F)(F)(F)c1ccc(NC(=S)Nc2cccc(S(F)(F)(F)(F)F)c2)cc1. The lowest BCUT2D eigenvalue weighted by Gasteiger charge is -2.40. The van der Waals surface area contributed by atoms with Gasteiger partial charge in [-0.3, -0.25) is 0 Å². The molecule has 0 unspecified atom stereocenters. The Labute approximate surface area is 157 Å². The maximum atomic E-state index is 12.8. The molecule has 2 N–H and O–H groups in total. The Balaban J connectivity index is 2.16. The van der Waals surface area contributed by atoms with Gasteiger partial charge in [0, 0.05) is 11.4 Å². The van der Waals surface area contributed by atoms with Crippen LogP contribution in [-0.4, -0.2) is 5.11 Å². The van der Waals surface area contributed by atoms with Crippen LogP contribution in [0.15, 0.2) is 58.3 Å². The van der Waals surface area contributed by atoms with Crippen molar-refractivity contribution in [2.75, 3.05) is 10.6 Å². The normalized spacial score (nSPS) is 17.5. The van der Waals surface area contributed by atoms with Gasteiger partial charge in [-0.25, -0.2) is 0 Å². The van der Waals surface area contributed by atoms with Gasteiger partial charge >= 0.3 is 20.4 Å². The lowest BCUT2D eigenvalue weighted by atomic mass is 10.3. The Hall–Kier alpha value is -1.87. The Morgan fingerprint density at radius 2 is 1.07 bits per heavy atom. The number of nitrogens with one attached hydrogen (secondary N) is 2. The molecule has 0 saturated heterocycles. The highest BCUT2D eigenvalue weighted by molar-refractivity contribution is 8.46. The second kappa shape index (κ2) is 5.18. The minimum absolute atomic E-state index is 0.0985. The molecule has 0 atom stereocenters. The molecule has 0 radical (unpaired) electrons. The van der Waals surface area contributed by atoms with Crippen molar-refractivity contribution in [2.24, 2.45) is 0 Å². The van der Waals surface area contributed by atoms with Crippen LogP contribution in [0.5, 0.6) is 0 Å². The van der Waals surface area contributed by atoms with Gasteiger partial charge in [0.1, 0.15) is 9.79 Å². The van der Waals surface area contributed by atoms with E-state index in [1.54, 1.807) is 0 Å². The van der Waals surface area contributed by atoms with Gasteiger partial charge in [0.15, 0.2) is 5.11 Å². The first-order valence-corrected chi connectivity index (χ1v) is 11.1. The third-order valence-corrected chi connectivity index (χ3v) is 5.61. The number of rotatable bonds is 4. The van der Waals surface area contributed by atoms with Gasteiger partial charge < -0.3 is 10.6 Å². The van der Waals surface area contributed by atoms with E-state index in [2.05, 4.69) is 10.6 Å². The summed E-state index contributed by atoms with van der Waals surface area (Å²) < 4.78 is 127. The second-order valence-corrected chi connectivity index (χ2v) is 10.8. The first kappa shape index (κ1) is 22.4. The summed E-state index contributed by atoms with van der Waals surface area (Å²) in [6.07, 6.45) is 0. The summed E-state index contributed by atoms with van der Waals surface area (Å²) in [4.78, 5) is -4.32. The molecule has 0 saturated carbocycles. The van der Waals surface area contributed by atoms with Crippen molar-refractivity contribution in [2.45, 2.75) is 9.79 Å². The molecule has 0 fully saturated rings. The van der Waals surface area contributed by atoms with Gasteiger partial charge in [0.25, 0.3) is 0 Å². The fourth-order valence-electron chi connectivity index (χ4n) is 1.90. The van der Waals surface area contributed by atoms with Gasteiger partial charge in [-0.2, -0.15) is 0 Å². The van der Waals surface area contributed by atoms with Crippen molar-refractivity contribution in [1.29, 1.82) is 0 Å². The van der Waals surface area contributed by atoms with E-state index in [0.29, 0.717) is 18.2 Å². The maximum Gasteiger partial charge on any atom is 0.310 e. The molecule has 2 aromatic carbocycles. The lowest BCUT2D eigenvalue weighted by molar-refractivity contribution is 0.360. The number of anilines is 2. The molecule has 0 amide bonds. The van der Waals surface area contributed by atoms with Crippen molar-refractivity contribution in [3.05, 3.63) is 48.5 Å². The third kappa shape index (κ3) is 6.07. The van der Waals surface area contributed by atoms with Crippen LogP contribution in [0.1, 0.15) is 0 Å². The topological polar surface area (TPSA) is 24.1 Å². The highest BCUT2D eigenvalue weighted by Crippen LogP contribution is 3.02. The molecular weight excluding hydrogens is 470 g/mol. The summed E-state index contributed by atoms with van der Waals surface area (Å²) >= 11 is 4.72. The van der Waals surface area contributed by atoms with Crippen molar-refractivity contribution in [3.63, 3.8) is 0 Å². The van der Waals surface area contributed by atoms with Gasteiger partial charge in [0.2, 0.25) is 0 Å². The number of hydrogen-bond acceptors (Lipinski definition) is 1. The minimum Gasteiger partial charge on any atom is -0.332 e. The first-order chi connectivity index (χ1) is 12.0. The zero-order chi connectivity index (χ0) is 21.8. The van der Waals surface area contributed by atoms with Crippen LogP contribution < -0.4 is 10.6 Å². The molecule has 0 aromatic heterocycles. The molecule has 0 aliphatic rings. The molecule has 0 heterocycles. The zero-order valence-electron chi connectivity index (χ0n) is 13.1. The van der Waals surface area contributed by atoms with E-state index in [1.165, 1.54) is 0 Å². The summed E-state index contributed by atoms with van der Waals surface area (Å²) in [7, 11) is -19.8. The first-order valence-electron chi connectivity index (χ1n) is 6.80. The summed E-state index contributed by atoms with van der Waals surface area (Å²) in [5.41, 5.74) is -0.682. The Morgan fingerprint density at radius 1 is 0.607 bits per heavy atom. The van der Waals surface area contributed by atoms with Crippen molar-refractivity contribution in [1.82, 2.24) is 0 Å². The molecule has 2 nitrogen and oxygen atoms in total. The van der Waals surface area contributed by atoms with E-state index in [1.807, 2.05) is 0 Å². The highest BCUT2D eigenvalue weighted by atomic mass is 32.5. The second-order valence-electron chi connectivity index (χ2n) is 5.57. The van der Waals surface area contributed by atoms with Crippen LogP contribution >= 0.6 is 32.7 Å². The zero-order valence-corrected chi connectivity index (χ0v) is 15.6. The minimum atomic E-state index is -9.92. The van der Waals surface area contributed by atoms with Crippen LogP contribution in [0.3, 0.4) is 0 Å². The molecule has 2 aromatic rings. The molecular formula is C13H10F10N2S3. The van der Waals surface area contributed by atoms with Crippen molar-refractivity contribution in [3.8, 4) is 0 Å². The van der Waals surface area contributed by atoms with E-state index in [9.17, 15) is 38.9 Å². The molecule has 0 aliphatic carbocycles. The van der Waals surface area contributed by atoms with Crippen LogP contribution in [0, 0.1) is 0 Å². The number of halogens is 10. The monoisotopic (exact) mass is 480 g/mol. The van der Waals surface area contributed by atoms with Crippen LogP contribution in [0.4, 0.5) is 50.2 Å².